The van der Waals surface area contributed by atoms with Crippen molar-refractivity contribution < 1.29 is 33.7 Å². The van der Waals surface area contributed by atoms with E-state index >= 15 is 0 Å². The summed E-state index contributed by atoms with van der Waals surface area (Å²) in [6.07, 6.45) is -1.15. The molecule has 0 saturated carbocycles. The molecule has 0 aliphatic carbocycles. The Labute approximate surface area is 107 Å². The number of phenolic OH excluding ortho intramolecular Hbond substituents is 1. The van der Waals surface area contributed by atoms with Gasteiger partial charge in [-0.15, -0.1) is 0 Å². The molecule has 0 bridgehead atoms. The lowest BCUT2D eigenvalue weighted by atomic mass is 10.0. The predicted octanol–water partition coefficient (Wildman–Crippen LogP) is 0.163. The van der Waals surface area contributed by atoms with Crippen LogP contribution in [0.1, 0.15) is 11.1 Å². The molecule has 1 aromatic carbocycles. The third-order valence-corrected chi connectivity index (χ3v) is 3.14. The van der Waals surface area contributed by atoms with Crippen molar-refractivity contribution >= 4 is 13.6 Å². The number of phenols is 1. The summed E-state index contributed by atoms with van der Waals surface area (Å²) in [5, 5.41) is 18.2. The molecule has 106 valence electrons. The van der Waals surface area contributed by atoms with Crippen LogP contribution in [0.25, 0.3) is 0 Å². The van der Waals surface area contributed by atoms with Gasteiger partial charge in [-0.25, -0.2) is 4.39 Å². The van der Waals surface area contributed by atoms with Gasteiger partial charge >= 0.3 is 13.6 Å². The molecule has 0 amide bonds. The minimum atomic E-state index is -4.38. The van der Waals surface area contributed by atoms with Crippen LogP contribution in [0.15, 0.2) is 12.1 Å². The normalized spacial score (nSPS) is 13.3. The second-order valence-electron chi connectivity index (χ2n) is 4.05. The summed E-state index contributed by atoms with van der Waals surface area (Å²) in [7, 11) is -4.38. The zero-order valence-electron chi connectivity index (χ0n) is 9.65. The number of rotatable bonds is 5. The molecule has 1 rings (SSSR count). The number of carboxylic acid groups (broad SMARTS) is 1. The van der Waals surface area contributed by atoms with Crippen molar-refractivity contribution in [1.82, 2.24) is 0 Å². The fourth-order valence-corrected chi connectivity index (χ4v) is 2.17. The molecule has 6 N–H and O–H groups in total. The summed E-state index contributed by atoms with van der Waals surface area (Å²) in [5.74, 6) is -2.89. The number of aliphatic carboxylic acids is 1. The fraction of sp³-hybridized carbons (Fsp3) is 0.300. The van der Waals surface area contributed by atoms with Gasteiger partial charge in [-0.1, -0.05) is 0 Å². The maximum atomic E-state index is 13.6. The summed E-state index contributed by atoms with van der Waals surface area (Å²) in [5.41, 5.74) is 4.84. The van der Waals surface area contributed by atoms with Crippen LogP contribution in [0, 0.1) is 5.82 Å². The Kier molecular flexibility index (Phi) is 4.65. The van der Waals surface area contributed by atoms with Gasteiger partial charge in [-0.3, -0.25) is 9.36 Å². The van der Waals surface area contributed by atoms with E-state index in [0.717, 1.165) is 12.1 Å². The van der Waals surface area contributed by atoms with Crippen LogP contribution in [0.5, 0.6) is 5.75 Å². The van der Waals surface area contributed by atoms with E-state index < -0.39 is 43.8 Å². The molecule has 0 aliphatic heterocycles. The standard InChI is InChI=1S/C10H13FNO6P/c11-7-1-5(4-19(16,17)18)2-9(13)6(7)3-8(12)10(14)15/h1-2,8,13H,3-4,12H2,(H,14,15)(H2,16,17,18)/t8-/m0/s1. The Morgan fingerprint density at radius 3 is 2.42 bits per heavy atom. The number of aromatic hydroxyl groups is 1. The summed E-state index contributed by atoms with van der Waals surface area (Å²) < 4.78 is 24.4. The van der Waals surface area contributed by atoms with E-state index in [1.54, 1.807) is 0 Å². The van der Waals surface area contributed by atoms with E-state index in [0.29, 0.717) is 0 Å². The average Bonchev–Trinajstić information content (AvgIpc) is 2.20. The number of benzene rings is 1. The molecule has 0 unspecified atom stereocenters. The molecule has 0 heterocycles. The van der Waals surface area contributed by atoms with Gasteiger partial charge in [0, 0.05) is 12.0 Å². The van der Waals surface area contributed by atoms with Crippen LogP contribution in [0.3, 0.4) is 0 Å². The van der Waals surface area contributed by atoms with Crippen LogP contribution < -0.4 is 5.73 Å². The molecule has 7 nitrogen and oxygen atoms in total. The number of carboxylic acids is 1. The lowest BCUT2D eigenvalue weighted by molar-refractivity contribution is -0.138. The maximum Gasteiger partial charge on any atom is 0.329 e. The minimum Gasteiger partial charge on any atom is -0.508 e. The zero-order chi connectivity index (χ0) is 14.8. The van der Waals surface area contributed by atoms with Crippen molar-refractivity contribution in [3.05, 3.63) is 29.1 Å². The highest BCUT2D eigenvalue weighted by Crippen LogP contribution is 2.40. The van der Waals surface area contributed by atoms with Crippen molar-refractivity contribution in [2.45, 2.75) is 18.6 Å². The summed E-state index contributed by atoms with van der Waals surface area (Å²) in [4.78, 5) is 28.0. The van der Waals surface area contributed by atoms with Crippen LogP contribution in [0.4, 0.5) is 4.39 Å². The first-order valence-corrected chi connectivity index (χ1v) is 6.93. The van der Waals surface area contributed by atoms with E-state index in [1.807, 2.05) is 0 Å². The molecule has 0 fully saturated rings. The van der Waals surface area contributed by atoms with Gasteiger partial charge in [0.05, 0.1) is 6.16 Å². The first-order valence-electron chi connectivity index (χ1n) is 5.13. The number of halogens is 1. The van der Waals surface area contributed by atoms with Crippen LogP contribution >= 0.6 is 7.60 Å². The van der Waals surface area contributed by atoms with Gasteiger partial charge < -0.3 is 25.7 Å². The van der Waals surface area contributed by atoms with Crippen LogP contribution in [-0.2, 0) is 21.9 Å². The van der Waals surface area contributed by atoms with E-state index in [1.165, 1.54) is 0 Å². The quantitative estimate of drug-likeness (QED) is 0.487. The maximum absolute atomic E-state index is 13.6. The van der Waals surface area contributed by atoms with Crippen LogP contribution in [-0.4, -0.2) is 32.0 Å². The van der Waals surface area contributed by atoms with Crippen LogP contribution in [0.2, 0.25) is 0 Å². The van der Waals surface area contributed by atoms with Crippen molar-refractivity contribution in [1.29, 1.82) is 0 Å². The molecule has 0 radical (unpaired) electrons. The lowest BCUT2D eigenvalue weighted by Crippen LogP contribution is -2.32. The van der Waals surface area contributed by atoms with E-state index in [4.69, 9.17) is 20.6 Å². The second kappa shape index (κ2) is 5.66. The van der Waals surface area contributed by atoms with Gasteiger partial charge in [-0.05, 0) is 17.7 Å². The number of hydrogen-bond donors (Lipinski definition) is 5. The topological polar surface area (TPSA) is 141 Å². The van der Waals surface area contributed by atoms with E-state index in [9.17, 15) is 18.9 Å². The molecule has 0 aromatic heterocycles. The summed E-state index contributed by atoms with van der Waals surface area (Å²) in [6, 6.07) is 0.433. The van der Waals surface area contributed by atoms with Crippen molar-refractivity contribution in [3.63, 3.8) is 0 Å². The Morgan fingerprint density at radius 2 is 2.00 bits per heavy atom. The third-order valence-electron chi connectivity index (χ3n) is 2.36. The van der Waals surface area contributed by atoms with Gasteiger partial charge in [0.15, 0.2) is 0 Å². The fourth-order valence-electron chi connectivity index (χ4n) is 1.52. The first kappa shape index (κ1) is 15.6. The highest BCUT2D eigenvalue weighted by molar-refractivity contribution is 7.50. The van der Waals surface area contributed by atoms with Gasteiger partial charge in [0.2, 0.25) is 0 Å². The highest BCUT2D eigenvalue weighted by atomic mass is 31.2. The first-order chi connectivity index (χ1) is 8.60. The smallest absolute Gasteiger partial charge is 0.329 e. The Morgan fingerprint density at radius 1 is 1.42 bits per heavy atom. The molecule has 1 aromatic rings. The average molecular weight is 293 g/mol. The molecule has 0 spiro atoms. The largest absolute Gasteiger partial charge is 0.508 e. The Bertz CT molecular complexity index is 520. The second-order valence-corrected chi connectivity index (χ2v) is 5.69. The third kappa shape index (κ3) is 4.60. The predicted molar refractivity (Wildman–Crippen MR) is 63.1 cm³/mol. The molecule has 0 saturated heterocycles. The van der Waals surface area contributed by atoms with E-state index in [-0.39, 0.29) is 11.1 Å². The molecule has 1 atom stereocenters. The molecular formula is C10H13FNO6P. The zero-order valence-corrected chi connectivity index (χ0v) is 10.5. The number of hydrogen-bond acceptors (Lipinski definition) is 4. The number of nitrogens with two attached hydrogens (primary N) is 1. The summed E-state index contributed by atoms with van der Waals surface area (Å²) in [6.45, 7) is 0. The molecule has 9 heteroatoms. The monoisotopic (exact) mass is 293 g/mol. The van der Waals surface area contributed by atoms with Crippen molar-refractivity contribution in [2.75, 3.05) is 0 Å². The molecule has 19 heavy (non-hydrogen) atoms. The molecule has 0 aliphatic rings. The van der Waals surface area contributed by atoms with Crippen molar-refractivity contribution in [2.24, 2.45) is 5.73 Å². The lowest BCUT2D eigenvalue weighted by Gasteiger charge is -2.12. The number of carbonyl (C=O) groups is 1. The Balaban J connectivity index is 3.04. The minimum absolute atomic E-state index is 0.0871. The molecular weight excluding hydrogens is 280 g/mol. The highest BCUT2D eigenvalue weighted by Gasteiger charge is 2.21. The van der Waals surface area contributed by atoms with Gasteiger partial charge in [0.1, 0.15) is 17.6 Å². The van der Waals surface area contributed by atoms with Crippen molar-refractivity contribution in [3.8, 4) is 5.75 Å². The van der Waals surface area contributed by atoms with E-state index in [2.05, 4.69) is 0 Å². The van der Waals surface area contributed by atoms with Gasteiger partial charge in [0.25, 0.3) is 0 Å². The summed E-state index contributed by atoms with van der Waals surface area (Å²) >= 11 is 0. The Hall–Kier alpha value is -1.47. The van der Waals surface area contributed by atoms with Gasteiger partial charge in [-0.2, -0.15) is 0 Å². The SMILES string of the molecule is N[C@@H](Cc1c(O)cc(CP(=O)(O)O)cc1F)C(=O)O.